The van der Waals surface area contributed by atoms with Gasteiger partial charge in [-0.15, -0.1) is 0 Å². The monoisotopic (exact) mass is 1590 g/mol. The Kier molecular flexibility index (Phi) is 19.3. The quantitative estimate of drug-likeness (QED) is 0.225. The van der Waals surface area contributed by atoms with Crippen LogP contribution >= 0.6 is 0 Å². The molecule has 0 saturated carbocycles. The fraction of sp³-hybridized carbons (Fsp3) is 1.00. The van der Waals surface area contributed by atoms with Gasteiger partial charge in [-0.25, -0.2) is 0 Å². The summed E-state index contributed by atoms with van der Waals surface area (Å²) in [6, 6.07) is 0. The summed E-state index contributed by atoms with van der Waals surface area (Å²) in [5, 5.41) is 0. The van der Waals surface area contributed by atoms with Crippen molar-refractivity contribution in [2.75, 3.05) is 0 Å². The molecule has 0 atom stereocenters. The molecule has 0 aromatic heterocycles. The van der Waals surface area contributed by atoms with E-state index in [1.165, 1.54) is 0 Å². The molecular formula is C40H100N8O4Si4Sn6+2. The number of hydrogen-bond acceptors (Lipinski definition) is 12. The van der Waals surface area contributed by atoms with Crippen LogP contribution in [0.4, 0.5) is 0 Å². The number of hydrogen-bond donors (Lipinski definition) is 0. The Labute approximate surface area is 445 Å². The summed E-state index contributed by atoms with van der Waals surface area (Å²) >= 11 is -13.8. The van der Waals surface area contributed by atoms with Crippen LogP contribution in [0.2, 0.25) is 52.4 Å². The standard InChI is InChI=1S/4C10H24N2Si.4O.6Sn.4H/c4*1-9(2,3)11-13(7,8)12-10(4,5)6;;;;;;;;;;;;;;/h4*1-8H3;;;;;;;;;;;;;;/q4*-2;;;;;2*+1;4*+2;;;;. The van der Waals surface area contributed by atoms with Crippen molar-refractivity contribution in [1.29, 1.82) is 0 Å². The van der Waals surface area contributed by atoms with E-state index in [9.17, 15) is 0 Å². The first-order valence-corrected chi connectivity index (χ1v) is 56.3. The van der Waals surface area contributed by atoms with E-state index in [0.29, 0.717) is 11.1 Å². The Hall–Kier alpha value is 5.18. The Morgan fingerprint density at radius 3 is 0.774 bits per heavy atom. The Balaban J connectivity index is 0.000000618. The van der Waals surface area contributed by atoms with Crippen LogP contribution in [0, 0.1) is 0 Å². The van der Waals surface area contributed by atoms with Crippen molar-refractivity contribution >= 4 is 160 Å². The number of rotatable bonds is 8. The van der Waals surface area contributed by atoms with Crippen molar-refractivity contribution in [1.82, 2.24) is 22.3 Å². The van der Waals surface area contributed by atoms with Crippen molar-refractivity contribution < 1.29 is 5.65 Å². The van der Waals surface area contributed by atoms with Crippen molar-refractivity contribution in [3.8, 4) is 0 Å². The van der Waals surface area contributed by atoms with Gasteiger partial charge in [-0.2, -0.15) is 0 Å². The van der Waals surface area contributed by atoms with Crippen molar-refractivity contribution in [2.45, 2.75) is 263 Å². The van der Waals surface area contributed by atoms with Crippen LogP contribution in [0.1, 0.15) is 166 Å². The first-order valence-electron chi connectivity index (χ1n) is 23.3. The molecule has 4 heterocycles. The van der Waals surface area contributed by atoms with E-state index in [1.54, 1.807) is 0 Å². The molecule has 12 nitrogen and oxygen atoms in total. The van der Waals surface area contributed by atoms with Gasteiger partial charge in [0.25, 0.3) is 0 Å². The molecule has 0 unspecified atom stereocenters. The van der Waals surface area contributed by atoms with Gasteiger partial charge in [0.15, 0.2) is 0 Å². The summed E-state index contributed by atoms with van der Waals surface area (Å²) < 4.78 is 52.7. The number of nitrogens with zero attached hydrogens (tertiary/aromatic N) is 8. The summed E-state index contributed by atoms with van der Waals surface area (Å²) in [5.74, 6) is 0. The zero-order valence-electron chi connectivity index (χ0n) is 46.5. The van der Waals surface area contributed by atoms with E-state index in [0.717, 1.165) is 0 Å². The maximum absolute atomic E-state index is 7.57. The Morgan fingerprint density at radius 2 is 0.597 bits per heavy atom. The fourth-order valence-electron chi connectivity index (χ4n) is 12.5. The minimum absolute atomic E-state index is 0.0358. The topological polar surface area (TPSA) is 62.8 Å². The summed E-state index contributed by atoms with van der Waals surface area (Å²) in [7, 11) is -6.77. The molecule has 4 rings (SSSR count). The fourth-order valence-corrected chi connectivity index (χ4v) is 163. The predicted octanol–water partition coefficient (Wildman–Crippen LogP) is 7.64. The van der Waals surface area contributed by atoms with Crippen molar-refractivity contribution in [3.05, 3.63) is 0 Å². The first-order chi connectivity index (χ1) is 26.9. The molecule has 4 aliphatic heterocycles. The zero-order chi connectivity index (χ0) is 49.2. The predicted molar refractivity (Wildman–Crippen MR) is 287 cm³/mol. The normalized spacial score (nSPS) is 25.6. The minimum atomic E-state index is -4.06. The van der Waals surface area contributed by atoms with Crippen LogP contribution in [0.5, 0.6) is 0 Å². The molecule has 0 aromatic carbocycles. The molecule has 2 radical (unpaired) electrons. The average molecular weight is 1580 g/mol. The van der Waals surface area contributed by atoms with E-state index >= 15 is 0 Å². The Bertz CT molecular complexity index is 1420. The van der Waals surface area contributed by atoms with Crippen molar-refractivity contribution in [3.63, 3.8) is 0 Å². The summed E-state index contributed by atoms with van der Waals surface area (Å²) in [5.41, 5.74) is 1.21. The van der Waals surface area contributed by atoms with Crippen LogP contribution < -0.4 is 0 Å². The molecule has 4 saturated heterocycles. The first kappa shape index (κ1) is 61.5. The maximum atomic E-state index is 7.57. The van der Waals surface area contributed by atoms with E-state index < -0.39 is 160 Å². The third-order valence-electron chi connectivity index (χ3n) is 12.5. The molecule has 62 heavy (non-hydrogen) atoms. The molecule has 362 valence electrons. The summed E-state index contributed by atoms with van der Waals surface area (Å²) in [6.07, 6.45) is 0. The molecule has 0 amide bonds. The summed E-state index contributed by atoms with van der Waals surface area (Å²) in [4.78, 5) is 0. The third kappa shape index (κ3) is 12.4. The second kappa shape index (κ2) is 19.5. The molecule has 0 N–H and O–H groups in total. The van der Waals surface area contributed by atoms with Gasteiger partial charge in [0.1, 0.15) is 0 Å². The molecule has 4 aliphatic rings. The van der Waals surface area contributed by atoms with Gasteiger partial charge in [0.05, 0.1) is 0 Å². The summed E-state index contributed by atoms with van der Waals surface area (Å²) in [6.45, 7) is 77.2. The van der Waals surface area contributed by atoms with Crippen molar-refractivity contribution in [2.24, 2.45) is 0 Å². The second-order valence-electron chi connectivity index (χ2n) is 28.2. The molecular weight excluding hydrogens is 1480 g/mol. The van der Waals surface area contributed by atoms with E-state index in [-0.39, 0.29) is 33.2 Å². The SMILES string of the molecule is CC(C)(C)[N]1[SnH]([O][SnH+][O][Sn]2([O][SnH+][O][SnH]3[N](C(C)(C)C)[Si](C)(C)[N]3C(C)(C)C)[N](C(C)(C)C)[Si](C)(C)[N]2C(C)(C)C)[N](C(C)(C)C)[Si]1(C)C.CC(C)(C)[N]1[Sn][N](C(C)(C)C)[Si]1(C)C. The van der Waals surface area contributed by atoms with Crippen LogP contribution in [-0.4, -0.2) is 227 Å². The van der Waals surface area contributed by atoms with Gasteiger partial charge in [0, 0.05) is 0 Å². The molecule has 4 fully saturated rings. The molecule has 0 aromatic rings. The molecule has 0 spiro atoms. The van der Waals surface area contributed by atoms with Crippen LogP contribution in [0.25, 0.3) is 0 Å². The van der Waals surface area contributed by atoms with E-state index in [2.05, 4.69) is 241 Å². The van der Waals surface area contributed by atoms with Gasteiger partial charge in [0.2, 0.25) is 0 Å². The molecule has 0 bridgehead atoms. The van der Waals surface area contributed by atoms with Gasteiger partial charge < -0.3 is 0 Å². The van der Waals surface area contributed by atoms with Crippen LogP contribution in [-0.2, 0) is 5.65 Å². The second-order valence-corrected chi connectivity index (χ2v) is 96.7. The van der Waals surface area contributed by atoms with Gasteiger partial charge in [-0.3, -0.25) is 0 Å². The van der Waals surface area contributed by atoms with E-state index in [1.807, 2.05) is 0 Å². The third-order valence-corrected chi connectivity index (χ3v) is 138. The molecule has 22 heteroatoms. The molecule has 0 aliphatic carbocycles. The zero-order valence-corrected chi connectivity index (χ0v) is 69.4. The van der Waals surface area contributed by atoms with Gasteiger partial charge in [-0.1, -0.05) is 0 Å². The van der Waals surface area contributed by atoms with Crippen LogP contribution in [0.15, 0.2) is 0 Å². The van der Waals surface area contributed by atoms with Crippen LogP contribution in [0.3, 0.4) is 0 Å². The van der Waals surface area contributed by atoms with Gasteiger partial charge in [-0.05, 0) is 0 Å². The van der Waals surface area contributed by atoms with E-state index in [4.69, 9.17) is 5.65 Å². The van der Waals surface area contributed by atoms with Gasteiger partial charge >= 0.3 is 451 Å². The average Bonchev–Trinajstić information content (AvgIpc) is 2.88. The Morgan fingerprint density at radius 1 is 0.355 bits per heavy atom.